The second kappa shape index (κ2) is 9.23. The lowest BCUT2D eigenvalue weighted by Crippen LogP contribution is -2.36. The van der Waals surface area contributed by atoms with Crippen LogP contribution in [0.25, 0.3) is 0 Å². The smallest absolute Gasteiger partial charge is 0.251 e. The number of methoxy groups -OCH3 is 1. The van der Waals surface area contributed by atoms with Gasteiger partial charge in [0, 0.05) is 37.9 Å². The maximum absolute atomic E-state index is 12.5. The van der Waals surface area contributed by atoms with E-state index in [1.165, 1.54) is 0 Å². The highest BCUT2D eigenvalue weighted by molar-refractivity contribution is 5.95. The second-order valence-corrected chi connectivity index (χ2v) is 6.34. The third kappa shape index (κ3) is 4.89. The van der Waals surface area contributed by atoms with Crippen molar-refractivity contribution in [1.82, 2.24) is 10.3 Å². The Bertz CT molecular complexity index is 776. The normalized spacial score (nSPS) is 13.9. The summed E-state index contributed by atoms with van der Waals surface area (Å²) in [5, 5.41) is 6.18. The van der Waals surface area contributed by atoms with Crippen LogP contribution in [0.2, 0.25) is 0 Å². The molecule has 0 radical (unpaired) electrons. The van der Waals surface area contributed by atoms with Crippen molar-refractivity contribution < 1.29 is 14.3 Å². The molecule has 1 amide bonds. The van der Waals surface area contributed by atoms with Gasteiger partial charge in [0.25, 0.3) is 5.91 Å². The van der Waals surface area contributed by atoms with Crippen LogP contribution in [0.3, 0.4) is 0 Å². The highest BCUT2D eigenvalue weighted by atomic mass is 16.5. The van der Waals surface area contributed by atoms with Crippen LogP contribution in [0.15, 0.2) is 36.5 Å². The Balaban J connectivity index is 1.58. The number of aromatic nitrogens is 1. The minimum Gasteiger partial charge on any atom is -0.495 e. The van der Waals surface area contributed by atoms with E-state index in [0.29, 0.717) is 31.9 Å². The summed E-state index contributed by atoms with van der Waals surface area (Å²) in [6, 6.07) is 9.41. The van der Waals surface area contributed by atoms with Crippen LogP contribution >= 0.6 is 0 Å². The second-order valence-electron chi connectivity index (χ2n) is 6.34. The molecule has 0 bridgehead atoms. The molecular weight excluding hydrogens is 344 g/mol. The third-order valence-electron chi connectivity index (χ3n) is 4.51. The monoisotopic (exact) mass is 370 g/mol. The fourth-order valence-electron chi connectivity index (χ4n) is 3.01. The molecule has 1 aliphatic rings. The summed E-state index contributed by atoms with van der Waals surface area (Å²) in [7, 11) is 1.64. The van der Waals surface area contributed by atoms with Crippen LogP contribution in [-0.4, -0.2) is 57.4 Å². The van der Waals surface area contributed by atoms with Crippen molar-refractivity contribution in [3.63, 3.8) is 0 Å². The Labute approximate surface area is 159 Å². The van der Waals surface area contributed by atoms with Crippen molar-refractivity contribution in [1.29, 1.82) is 0 Å². The number of hydrogen-bond donors (Lipinski definition) is 2. The van der Waals surface area contributed by atoms with Gasteiger partial charge in [-0.1, -0.05) is 6.07 Å². The summed E-state index contributed by atoms with van der Waals surface area (Å²) in [5.41, 5.74) is 2.62. The van der Waals surface area contributed by atoms with Crippen LogP contribution < -0.4 is 20.3 Å². The zero-order valence-electron chi connectivity index (χ0n) is 15.8. The van der Waals surface area contributed by atoms with Gasteiger partial charge in [-0.2, -0.15) is 0 Å². The minimum atomic E-state index is -0.105. The summed E-state index contributed by atoms with van der Waals surface area (Å²) in [6.45, 7) is 6.04. The van der Waals surface area contributed by atoms with E-state index in [1.807, 2.05) is 31.2 Å². The molecule has 0 atom stereocenters. The quantitative estimate of drug-likeness (QED) is 0.727. The number of aryl methyl sites for hydroxylation is 1. The summed E-state index contributed by atoms with van der Waals surface area (Å²) >= 11 is 0. The molecule has 1 saturated heterocycles. The van der Waals surface area contributed by atoms with E-state index in [1.54, 1.807) is 19.4 Å². The molecule has 3 rings (SSSR count). The molecule has 7 heteroatoms. The van der Waals surface area contributed by atoms with E-state index >= 15 is 0 Å². The summed E-state index contributed by atoms with van der Waals surface area (Å²) in [5.74, 6) is 1.50. The van der Waals surface area contributed by atoms with Gasteiger partial charge in [-0.15, -0.1) is 0 Å². The molecule has 0 aliphatic carbocycles. The molecule has 0 saturated carbocycles. The molecule has 0 spiro atoms. The average molecular weight is 370 g/mol. The molecule has 1 aromatic heterocycles. The van der Waals surface area contributed by atoms with Crippen molar-refractivity contribution in [2.75, 3.05) is 56.7 Å². The first-order valence-corrected chi connectivity index (χ1v) is 9.13. The Morgan fingerprint density at radius 3 is 2.81 bits per heavy atom. The molecule has 2 heterocycles. The number of anilines is 2. The standard InChI is InChI=1S/C20H26N4O3/c1-15-4-3-7-21-19(15)22-8-9-23-20(25)16-5-6-18(26-2)17(14-16)24-10-12-27-13-11-24/h3-7,14H,8-13H2,1-2H3,(H,21,22)(H,23,25). The zero-order valence-corrected chi connectivity index (χ0v) is 15.8. The fraction of sp³-hybridized carbons (Fsp3) is 0.400. The molecule has 0 unspecified atom stereocenters. The zero-order chi connectivity index (χ0) is 19.1. The lowest BCUT2D eigenvalue weighted by atomic mass is 10.1. The van der Waals surface area contributed by atoms with Crippen molar-refractivity contribution >= 4 is 17.4 Å². The summed E-state index contributed by atoms with van der Waals surface area (Å²) in [4.78, 5) is 19.0. The molecule has 27 heavy (non-hydrogen) atoms. The van der Waals surface area contributed by atoms with Crippen LogP contribution in [0.1, 0.15) is 15.9 Å². The van der Waals surface area contributed by atoms with E-state index < -0.39 is 0 Å². The Morgan fingerprint density at radius 1 is 1.26 bits per heavy atom. The first kappa shape index (κ1) is 19.0. The fourth-order valence-corrected chi connectivity index (χ4v) is 3.01. The maximum atomic E-state index is 12.5. The number of benzene rings is 1. The number of amides is 1. The largest absolute Gasteiger partial charge is 0.495 e. The number of ether oxygens (including phenoxy) is 2. The van der Waals surface area contributed by atoms with Gasteiger partial charge in [0.05, 0.1) is 26.0 Å². The summed E-state index contributed by atoms with van der Waals surface area (Å²) < 4.78 is 10.9. The first-order valence-electron chi connectivity index (χ1n) is 9.13. The average Bonchev–Trinajstić information content (AvgIpc) is 2.72. The van der Waals surface area contributed by atoms with E-state index in [-0.39, 0.29) is 5.91 Å². The first-order chi connectivity index (χ1) is 13.2. The van der Waals surface area contributed by atoms with Gasteiger partial charge >= 0.3 is 0 Å². The van der Waals surface area contributed by atoms with Crippen LogP contribution in [-0.2, 0) is 4.74 Å². The van der Waals surface area contributed by atoms with Gasteiger partial charge in [0.1, 0.15) is 11.6 Å². The Hall–Kier alpha value is -2.80. The van der Waals surface area contributed by atoms with Crippen molar-refractivity contribution in [2.24, 2.45) is 0 Å². The van der Waals surface area contributed by atoms with Gasteiger partial charge in [-0.05, 0) is 36.8 Å². The molecule has 2 aromatic rings. The van der Waals surface area contributed by atoms with Crippen LogP contribution in [0.4, 0.5) is 11.5 Å². The number of hydrogen-bond acceptors (Lipinski definition) is 6. The SMILES string of the molecule is COc1ccc(C(=O)NCCNc2ncccc2C)cc1N1CCOCC1. The molecular formula is C20H26N4O3. The lowest BCUT2D eigenvalue weighted by Gasteiger charge is -2.30. The van der Waals surface area contributed by atoms with Gasteiger partial charge < -0.3 is 25.0 Å². The molecule has 1 aliphatic heterocycles. The number of morpholine rings is 1. The van der Waals surface area contributed by atoms with E-state index in [2.05, 4.69) is 20.5 Å². The molecule has 144 valence electrons. The topological polar surface area (TPSA) is 75.7 Å². The maximum Gasteiger partial charge on any atom is 0.251 e. The van der Waals surface area contributed by atoms with Gasteiger partial charge in [0.15, 0.2) is 0 Å². The number of carbonyl (C=O) groups is 1. The molecule has 1 fully saturated rings. The van der Waals surface area contributed by atoms with E-state index in [9.17, 15) is 4.79 Å². The Kier molecular flexibility index (Phi) is 6.49. The van der Waals surface area contributed by atoms with E-state index in [4.69, 9.17) is 9.47 Å². The van der Waals surface area contributed by atoms with Gasteiger partial charge in [-0.3, -0.25) is 4.79 Å². The third-order valence-corrected chi connectivity index (χ3v) is 4.51. The highest BCUT2D eigenvalue weighted by Crippen LogP contribution is 2.30. The van der Waals surface area contributed by atoms with E-state index in [0.717, 1.165) is 35.9 Å². The number of nitrogens with one attached hydrogen (secondary N) is 2. The lowest BCUT2D eigenvalue weighted by molar-refractivity contribution is 0.0955. The summed E-state index contributed by atoms with van der Waals surface area (Å²) in [6.07, 6.45) is 1.75. The predicted octanol–water partition coefficient (Wildman–Crippen LogP) is 2.08. The number of carbonyl (C=O) groups excluding carboxylic acids is 1. The number of rotatable bonds is 7. The van der Waals surface area contributed by atoms with Crippen molar-refractivity contribution in [3.8, 4) is 5.75 Å². The highest BCUT2D eigenvalue weighted by Gasteiger charge is 2.17. The van der Waals surface area contributed by atoms with Gasteiger partial charge in [-0.25, -0.2) is 4.98 Å². The number of nitrogens with zero attached hydrogens (tertiary/aromatic N) is 2. The molecule has 7 nitrogen and oxygen atoms in total. The predicted molar refractivity (Wildman–Crippen MR) is 106 cm³/mol. The van der Waals surface area contributed by atoms with Crippen molar-refractivity contribution in [2.45, 2.75) is 6.92 Å². The van der Waals surface area contributed by atoms with Gasteiger partial charge in [0.2, 0.25) is 0 Å². The van der Waals surface area contributed by atoms with Crippen LogP contribution in [0.5, 0.6) is 5.75 Å². The minimum absolute atomic E-state index is 0.105. The van der Waals surface area contributed by atoms with Crippen LogP contribution in [0, 0.1) is 6.92 Å². The van der Waals surface area contributed by atoms with Crippen molar-refractivity contribution in [3.05, 3.63) is 47.7 Å². The molecule has 1 aromatic carbocycles. The molecule has 2 N–H and O–H groups in total. The number of pyridine rings is 1. The Morgan fingerprint density at radius 2 is 2.07 bits per heavy atom.